The van der Waals surface area contributed by atoms with Crippen molar-refractivity contribution in [2.45, 2.75) is 167 Å². The minimum absolute atomic E-state index is 0.0196. The van der Waals surface area contributed by atoms with Crippen molar-refractivity contribution >= 4 is 10.1 Å². The van der Waals surface area contributed by atoms with Gasteiger partial charge in [0.05, 0.1) is 0 Å². The average Bonchev–Trinajstić information content (AvgIpc) is 3.41. The summed E-state index contributed by atoms with van der Waals surface area (Å²) < 4.78 is 67.3. The zero-order valence-corrected chi connectivity index (χ0v) is 31.2. The molecule has 5 rings (SSSR count). The van der Waals surface area contributed by atoms with E-state index in [9.17, 15) is 21.6 Å². The maximum atomic E-state index is 13.0. The van der Waals surface area contributed by atoms with E-state index in [1.54, 1.807) is 6.08 Å². The number of rotatable bonds is 2. The molecule has 5 unspecified atom stereocenters. The summed E-state index contributed by atoms with van der Waals surface area (Å²) in [5.74, 6) is 3.85. The van der Waals surface area contributed by atoms with Gasteiger partial charge in [-0.2, -0.15) is 21.6 Å². The smallest absolute Gasteiger partial charge is 0.380 e. The monoisotopic (exact) mass is 638 g/mol. The van der Waals surface area contributed by atoms with Gasteiger partial charge in [0.2, 0.25) is 0 Å². The van der Waals surface area contributed by atoms with Crippen LogP contribution >= 0.6 is 0 Å². The van der Waals surface area contributed by atoms with E-state index in [2.05, 4.69) is 13.8 Å². The van der Waals surface area contributed by atoms with Crippen molar-refractivity contribution in [3.05, 3.63) is 11.8 Å². The van der Waals surface area contributed by atoms with Crippen LogP contribution < -0.4 is 0 Å². The Kier molecular flexibility index (Phi) is 17.0. The van der Waals surface area contributed by atoms with Gasteiger partial charge in [-0.05, 0) is 110 Å². The van der Waals surface area contributed by atoms with Crippen LogP contribution in [0.4, 0.5) is 13.2 Å². The lowest BCUT2D eigenvalue weighted by Crippen LogP contribution is -2.56. The lowest BCUT2D eigenvalue weighted by atomic mass is 9.41. The molecule has 0 aromatic rings. The summed E-state index contributed by atoms with van der Waals surface area (Å²) in [5.41, 5.74) is -5.64. The van der Waals surface area contributed by atoms with E-state index in [1.807, 2.05) is 83.1 Å². The highest BCUT2D eigenvalue weighted by Gasteiger charge is 2.62. The highest BCUT2D eigenvalue weighted by molar-refractivity contribution is 7.87. The zero-order valence-electron chi connectivity index (χ0n) is 30.4. The van der Waals surface area contributed by atoms with E-state index >= 15 is 0 Å². The molecule has 3 nitrogen and oxygen atoms in total. The molecule has 0 aromatic carbocycles. The van der Waals surface area contributed by atoms with Crippen LogP contribution in [0.2, 0.25) is 0 Å². The molecule has 4 fully saturated rings. The lowest BCUT2D eigenvalue weighted by molar-refractivity contribution is -0.136. The van der Waals surface area contributed by atoms with Crippen LogP contribution in [0.15, 0.2) is 11.8 Å². The maximum absolute atomic E-state index is 13.0. The number of halogens is 3. The van der Waals surface area contributed by atoms with Gasteiger partial charge < -0.3 is 4.18 Å². The summed E-state index contributed by atoms with van der Waals surface area (Å²) in [5, 5.41) is 0. The minimum atomic E-state index is -5.65. The number of hydrogen-bond acceptors (Lipinski definition) is 3. The van der Waals surface area contributed by atoms with Crippen molar-refractivity contribution in [1.29, 1.82) is 0 Å². The van der Waals surface area contributed by atoms with Crippen molar-refractivity contribution in [2.24, 2.45) is 51.8 Å². The molecule has 0 saturated heterocycles. The van der Waals surface area contributed by atoms with Gasteiger partial charge in [0, 0.05) is 5.41 Å². The number of allylic oxidation sites excluding steroid dienone is 2. The second-order valence-corrected chi connectivity index (χ2v) is 14.5. The molecule has 0 heterocycles. The molecule has 0 bridgehead atoms. The fraction of sp³-hybridized carbons (Fsp3) is 0.944. The molecular formula is C36H69F3O3S. The first kappa shape index (κ1) is 42.3. The first-order valence-corrected chi connectivity index (χ1v) is 19.3. The third kappa shape index (κ3) is 8.17. The van der Waals surface area contributed by atoms with Crippen LogP contribution in [-0.4, -0.2) is 13.9 Å². The van der Waals surface area contributed by atoms with E-state index in [1.165, 1.54) is 44.9 Å². The second kappa shape index (κ2) is 17.3. The van der Waals surface area contributed by atoms with Crippen LogP contribution in [0, 0.1) is 51.8 Å². The molecule has 0 aromatic heterocycles. The summed E-state index contributed by atoms with van der Waals surface area (Å²) in [7, 11) is -5.65. The average molecular weight is 639 g/mol. The Bertz CT molecular complexity index is 942. The molecule has 258 valence electrons. The number of alkyl halides is 3. The molecule has 0 N–H and O–H groups in total. The normalized spacial score (nSPS) is 36.7. The molecule has 0 radical (unpaired) electrons. The fourth-order valence-electron chi connectivity index (χ4n) is 9.86. The van der Waals surface area contributed by atoms with Crippen LogP contribution in [0.25, 0.3) is 0 Å². The molecule has 5 aliphatic carbocycles. The molecule has 4 saturated carbocycles. The van der Waals surface area contributed by atoms with Gasteiger partial charge in [-0.3, -0.25) is 0 Å². The van der Waals surface area contributed by atoms with E-state index in [0.717, 1.165) is 30.6 Å². The maximum Gasteiger partial charge on any atom is 0.534 e. The van der Waals surface area contributed by atoms with Crippen molar-refractivity contribution in [3.63, 3.8) is 0 Å². The van der Waals surface area contributed by atoms with Gasteiger partial charge in [-0.15, -0.1) is 0 Å². The topological polar surface area (TPSA) is 43.4 Å². The van der Waals surface area contributed by atoms with E-state index in [4.69, 9.17) is 4.18 Å². The summed E-state index contributed by atoms with van der Waals surface area (Å²) in [6.45, 7) is 28.6. The fourth-order valence-corrected chi connectivity index (χ4v) is 10.5. The van der Waals surface area contributed by atoms with Gasteiger partial charge in [0.1, 0.15) is 5.76 Å². The van der Waals surface area contributed by atoms with Gasteiger partial charge in [0.15, 0.2) is 0 Å². The third-order valence-electron chi connectivity index (χ3n) is 11.3. The first-order valence-electron chi connectivity index (χ1n) is 17.9. The standard InChI is InChI=1S/C26H39F3O3S.5C2H6/c1-23(2)21-10-8-18-16-11-14-24(3)13-5-6-19(24)17(16)7-9-20(18)25(21,4)15-12-22(23)32-33(30,31)26(27,28)29;5*1-2/h12,16-21H,5-11,13-15H2,1-4H3;5*1-2H3/t16?,17?,18?,19-,20?,21?,24-,25-;;;;;/m1...../s1. The first-order chi connectivity index (χ1) is 20.2. The van der Waals surface area contributed by atoms with Crippen molar-refractivity contribution in [3.8, 4) is 0 Å². The van der Waals surface area contributed by atoms with Crippen LogP contribution in [0.5, 0.6) is 0 Å². The Morgan fingerprint density at radius 3 is 1.74 bits per heavy atom. The molecule has 5 aliphatic rings. The van der Waals surface area contributed by atoms with Crippen LogP contribution in [-0.2, 0) is 14.3 Å². The summed E-state index contributed by atoms with van der Waals surface area (Å²) >= 11 is 0. The third-order valence-corrected chi connectivity index (χ3v) is 12.3. The molecule has 0 aliphatic heterocycles. The van der Waals surface area contributed by atoms with E-state index in [0.29, 0.717) is 23.7 Å². The summed E-state index contributed by atoms with van der Waals surface area (Å²) in [6.07, 6.45) is 13.6. The molecule has 8 atom stereocenters. The van der Waals surface area contributed by atoms with E-state index < -0.39 is 21.0 Å². The zero-order chi connectivity index (χ0) is 34.0. The van der Waals surface area contributed by atoms with Gasteiger partial charge in [-0.25, -0.2) is 0 Å². The van der Waals surface area contributed by atoms with Crippen molar-refractivity contribution in [2.75, 3.05) is 0 Å². The highest BCUT2D eigenvalue weighted by atomic mass is 32.2. The van der Waals surface area contributed by atoms with Crippen LogP contribution in [0.1, 0.15) is 161 Å². The predicted molar refractivity (Wildman–Crippen MR) is 178 cm³/mol. The Morgan fingerprint density at radius 2 is 1.21 bits per heavy atom. The Morgan fingerprint density at radius 1 is 0.698 bits per heavy atom. The van der Waals surface area contributed by atoms with Crippen molar-refractivity contribution < 1.29 is 25.8 Å². The number of hydrogen-bond donors (Lipinski definition) is 0. The quantitative estimate of drug-likeness (QED) is 0.223. The molecule has 43 heavy (non-hydrogen) atoms. The molecule has 7 heteroatoms. The Labute approximate surface area is 265 Å². The summed E-state index contributed by atoms with van der Waals surface area (Å²) in [6, 6.07) is 0. The van der Waals surface area contributed by atoms with Crippen LogP contribution in [0.3, 0.4) is 0 Å². The van der Waals surface area contributed by atoms with E-state index in [-0.39, 0.29) is 17.1 Å². The predicted octanol–water partition coefficient (Wildman–Crippen LogP) is 12.6. The highest BCUT2D eigenvalue weighted by Crippen LogP contribution is 2.69. The van der Waals surface area contributed by atoms with Gasteiger partial charge in [-0.1, -0.05) is 103 Å². The second-order valence-electron chi connectivity index (χ2n) is 13.0. The SMILES string of the molecule is CC.CC.CC.CC.CC.CC1(C)C(OS(=O)(=O)C(F)(F)F)=CC[C@]2(C)C3CCC4C(CC[C@@]5(C)CCC[C@H]45)C3CCC12. The Balaban J connectivity index is 0.00000161. The van der Waals surface area contributed by atoms with Gasteiger partial charge in [0.25, 0.3) is 0 Å². The largest absolute Gasteiger partial charge is 0.534 e. The minimum Gasteiger partial charge on any atom is -0.380 e. The summed E-state index contributed by atoms with van der Waals surface area (Å²) in [4.78, 5) is 0. The van der Waals surface area contributed by atoms with Gasteiger partial charge >= 0.3 is 15.6 Å². The van der Waals surface area contributed by atoms with Crippen molar-refractivity contribution in [1.82, 2.24) is 0 Å². The number of fused-ring (bicyclic) bond motifs is 7. The lowest BCUT2D eigenvalue weighted by Gasteiger charge is -2.63. The molecule has 0 amide bonds. The molecular weight excluding hydrogens is 569 g/mol. The molecule has 0 spiro atoms. The Hall–Kier alpha value is -0.720.